The zero-order chi connectivity index (χ0) is 28.0. The summed E-state index contributed by atoms with van der Waals surface area (Å²) in [4.78, 5) is 65.5. The first-order chi connectivity index (χ1) is 17.3. The summed E-state index contributed by atoms with van der Waals surface area (Å²) >= 11 is 4.17. The fourth-order valence-electron chi connectivity index (χ4n) is 3.61. The summed E-state index contributed by atoms with van der Waals surface area (Å²) < 4.78 is 21.3. The summed E-state index contributed by atoms with van der Waals surface area (Å²) in [5, 5.41) is 10.5. The first-order valence-corrected chi connectivity index (χ1v) is 13.5. The highest BCUT2D eigenvalue weighted by Gasteiger charge is 2.61. The minimum Gasteiger partial charge on any atom is -0.425 e. The van der Waals surface area contributed by atoms with Gasteiger partial charge in [-0.3, -0.25) is 28.9 Å². The Morgan fingerprint density at radius 3 is 2.54 bits per heavy atom. The number of methoxy groups -OCH3 is 1. The molecule has 0 radical (unpaired) electrons. The number of β-lactam (4-membered cyclic amide) rings is 1. The van der Waals surface area contributed by atoms with E-state index in [0.717, 1.165) is 4.90 Å². The zero-order valence-electron chi connectivity index (χ0n) is 21.3. The summed E-state index contributed by atoms with van der Waals surface area (Å²) in [5.74, 6) is -3.34. The molecule has 2 aliphatic rings. The van der Waals surface area contributed by atoms with Crippen LogP contribution < -0.4 is 0 Å². The van der Waals surface area contributed by atoms with Gasteiger partial charge in [-0.15, -0.1) is 11.8 Å². The van der Waals surface area contributed by atoms with E-state index >= 15 is 0 Å². The molecule has 2 aliphatic heterocycles. The van der Waals surface area contributed by atoms with Crippen LogP contribution in [0.25, 0.3) is 0 Å². The van der Waals surface area contributed by atoms with Gasteiger partial charge in [0.2, 0.25) is 18.1 Å². The quantitative estimate of drug-likeness (QED) is 0.0510. The molecule has 15 heteroatoms. The molecule has 37 heavy (non-hydrogen) atoms. The van der Waals surface area contributed by atoms with Crippen molar-refractivity contribution in [2.45, 2.75) is 45.4 Å². The number of esters is 2. The number of carbonyl (C=O) groups excluding carboxylic acids is 5. The molecule has 208 valence electrons. The monoisotopic (exact) mass is 609 g/mol. The van der Waals surface area contributed by atoms with Crippen LogP contribution in [-0.2, 0) is 42.9 Å². The van der Waals surface area contributed by atoms with Crippen molar-refractivity contribution >= 4 is 63.6 Å². The minimum absolute atomic E-state index is 0.107. The van der Waals surface area contributed by atoms with Crippen LogP contribution in [0.1, 0.15) is 27.7 Å². The van der Waals surface area contributed by atoms with Gasteiger partial charge in [-0.05, 0) is 20.8 Å². The minimum atomic E-state index is -1.31. The zero-order valence-corrected chi connectivity index (χ0v) is 23.7. The van der Waals surface area contributed by atoms with Gasteiger partial charge >= 0.3 is 11.9 Å². The number of imide groups is 1. The number of halogens is 1. The fourth-order valence-corrected chi connectivity index (χ4v) is 5.44. The summed E-state index contributed by atoms with van der Waals surface area (Å²) in [5.41, 5.74) is -2.11. The molecule has 0 bridgehead atoms. The predicted molar refractivity (Wildman–Crippen MR) is 134 cm³/mol. The highest BCUT2D eigenvalue weighted by Crippen LogP contribution is 2.44. The Labute approximate surface area is 227 Å². The highest BCUT2D eigenvalue weighted by atomic mass is 79.9. The van der Waals surface area contributed by atoms with E-state index in [1.165, 1.54) is 30.7 Å². The second-order valence-corrected chi connectivity index (χ2v) is 11.2. The number of rotatable bonds is 11. The molecule has 2 heterocycles. The lowest BCUT2D eigenvalue weighted by atomic mass is 9.87. The van der Waals surface area contributed by atoms with Gasteiger partial charge in [0.1, 0.15) is 23.0 Å². The van der Waals surface area contributed by atoms with Gasteiger partial charge < -0.3 is 29.1 Å². The Balaban J connectivity index is 2.22. The van der Waals surface area contributed by atoms with Crippen LogP contribution in [0, 0.1) is 10.8 Å². The molecule has 4 atom stereocenters. The predicted octanol–water partition coefficient (Wildman–Crippen LogP) is 0.608. The van der Waals surface area contributed by atoms with Crippen LogP contribution in [-0.4, -0.2) is 113 Å². The topological polar surface area (TPSA) is 161 Å². The lowest BCUT2D eigenvalue weighted by Crippen LogP contribution is -2.75. The molecular formula is C22H32BrN3O10S. The Morgan fingerprint density at radius 1 is 1.30 bits per heavy atom. The van der Waals surface area contributed by atoms with Crippen molar-refractivity contribution in [2.24, 2.45) is 16.0 Å². The van der Waals surface area contributed by atoms with Crippen LogP contribution in [0.4, 0.5) is 0 Å². The SMILES string of the molecule is COCCOCC1(C(=O)OC(C)OC(=O)C(C)(C)C)CS[C@@H]2C(N(C(=O)C=NO)C(=O)CBr)C(=O)N2C1. The van der Waals surface area contributed by atoms with Gasteiger partial charge in [0.25, 0.3) is 5.91 Å². The van der Waals surface area contributed by atoms with E-state index < -0.39 is 58.2 Å². The van der Waals surface area contributed by atoms with Crippen LogP contribution in [0.5, 0.6) is 0 Å². The Hall–Kier alpha value is -2.23. The lowest BCUT2D eigenvalue weighted by molar-refractivity contribution is -0.200. The normalized spacial score (nSPS) is 24.2. The highest BCUT2D eigenvalue weighted by molar-refractivity contribution is 9.09. The van der Waals surface area contributed by atoms with Crippen molar-refractivity contribution in [1.82, 2.24) is 9.80 Å². The van der Waals surface area contributed by atoms with E-state index in [1.54, 1.807) is 20.8 Å². The Morgan fingerprint density at radius 2 is 1.97 bits per heavy atom. The van der Waals surface area contributed by atoms with Gasteiger partial charge in [0.15, 0.2) is 0 Å². The number of oxime groups is 1. The van der Waals surface area contributed by atoms with E-state index in [4.69, 9.17) is 24.2 Å². The molecular weight excluding hydrogens is 578 g/mol. The molecule has 2 fully saturated rings. The van der Waals surface area contributed by atoms with Gasteiger partial charge in [-0.2, -0.15) is 0 Å². The van der Waals surface area contributed by atoms with E-state index in [1.807, 2.05) is 0 Å². The number of fused-ring (bicyclic) bond motifs is 1. The van der Waals surface area contributed by atoms with Crippen molar-refractivity contribution < 1.29 is 48.1 Å². The maximum atomic E-state index is 13.3. The van der Waals surface area contributed by atoms with Crippen molar-refractivity contribution in [3.8, 4) is 0 Å². The van der Waals surface area contributed by atoms with E-state index in [-0.39, 0.29) is 37.4 Å². The summed E-state index contributed by atoms with van der Waals surface area (Å²) in [7, 11) is 1.50. The van der Waals surface area contributed by atoms with Gasteiger partial charge in [-0.1, -0.05) is 21.1 Å². The third-order valence-electron chi connectivity index (χ3n) is 5.59. The van der Waals surface area contributed by atoms with Crippen molar-refractivity contribution in [1.29, 1.82) is 0 Å². The van der Waals surface area contributed by atoms with Gasteiger partial charge in [-0.25, -0.2) is 0 Å². The van der Waals surface area contributed by atoms with E-state index in [9.17, 15) is 24.0 Å². The summed E-state index contributed by atoms with van der Waals surface area (Å²) in [6, 6.07) is -1.13. The molecule has 0 saturated carbocycles. The fraction of sp³-hybridized carbons (Fsp3) is 0.727. The smallest absolute Gasteiger partial charge is 0.320 e. The number of alkyl halides is 1. The van der Waals surface area contributed by atoms with Crippen molar-refractivity contribution in [3.63, 3.8) is 0 Å². The van der Waals surface area contributed by atoms with Gasteiger partial charge in [0, 0.05) is 26.3 Å². The first-order valence-electron chi connectivity index (χ1n) is 11.3. The van der Waals surface area contributed by atoms with Crippen LogP contribution in [0.15, 0.2) is 5.16 Å². The molecule has 0 aromatic heterocycles. The summed E-state index contributed by atoms with van der Waals surface area (Å²) in [6.45, 7) is 6.67. The number of thioether (sulfide) groups is 1. The maximum absolute atomic E-state index is 13.3. The average molecular weight is 610 g/mol. The standard InChI is InChI=1S/C22H32BrN3O10S/c1-13(35-19(30)21(2,3)4)36-20(31)22(11-34-7-6-33-5)10-25-17(29)16(18(25)37-12-22)26(14(27)8-23)15(28)9-24-32/h9,13,16,18,32H,6-8,10-12H2,1-5H3/t13?,16?,18-,22?/m1/s1. The molecule has 2 rings (SSSR count). The number of hydrogen-bond acceptors (Lipinski definition) is 12. The number of carbonyl (C=O) groups is 5. The number of ether oxygens (including phenoxy) is 4. The number of amides is 3. The van der Waals surface area contributed by atoms with Crippen molar-refractivity contribution in [3.05, 3.63) is 0 Å². The second-order valence-electron chi connectivity index (χ2n) is 9.55. The molecule has 0 spiro atoms. The molecule has 3 amide bonds. The first kappa shape index (κ1) is 31.0. The molecule has 0 aromatic carbocycles. The Bertz CT molecular complexity index is 927. The largest absolute Gasteiger partial charge is 0.425 e. The molecule has 3 unspecified atom stereocenters. The van der Waals surface area contributed by atoms with Crippen molar-refractivity contribution in [2.75, 3.05) is 44.6 Å². The van der Waals surface area contributed by atoms with Gasteiger partial charge in [0.05, 0.1) is 30.6 Å². The lowest BCUT2D eigenvalue weighted by Gasteiger charge is -2.55. The molecule has 0 aromatic rings. The Kier molecular flexibility index (Phi) is 10.9. The average Bonchev–Trinajstić information content (AvgIpc) is 2.83. The third-order valence-corrected chi connectivity index (χ3v) is 7.64. The molecule has 0 aliphatic carbocycles. The van der Waals surface area contributed by atoms with Crippen LogP contribution >= 0.6 is 27.7 Å². The molecule has 1 N–H and O–H groups in total. The van der Waals surface area contributed by atoms with E-state index in [0.29, 0.717) is 6.21 Å². The van der Waals surface area contributed by atoms with Crippen LogP contribution in [0.2, 0.25) is 0 Å². The number of hydrogen-bond donors (Lipinski definition) is 1. The van der Waals surface area contributed by atoms with E-state index in [2.05, 4.69) is 21.1 Å². The molecule has 13 nitrogen and oxygen atoms in total. The second kappa shape index (κ2) is 13.0. The summed E-state index contributed by atoms with van der Waals surface area (Å²) in [6.07, 6.45) is -0.643. The number of nitrogens with zero attached hydrogens (tertiary/aromatic N) is 3. The maximum Gasteiger partial charge on any atom is 0.320 e. The third kappa shape index (κ3) is 7.21. The molecule has 2 saturated heterocycles. The van der Waals surface area contributed by atoms with Crippen LogP contribution in [0.3, 0.4) is 0 Å².